The van der Waals surface area contributed by atoms with Crippen LogP contribution in [0.5, 0.6) is 0 Å². The van der Waals surface area contributed by atoms with Crippen molar-refractivity contribution in [2.24, 2.45) is 17.8 Å². The number of carbonyl (C=O) groups excluding carboxylic acids is 2. The fraction of sp³-hybridized carbons (Fsp3) is 0.867. The summed E-state index contributed by atoms with van der Waals surface area (Å²) in [6, 6.07) is 0. The molecule has 4 nitrogen and oxygen atoms in total. The predicted molar refractivity (Wildman–Crippen MR) is 72.4 cm³/mol. The quantitative estimate of drug-likeness (QED) is 0.787. The SMILES string of the molecule is O=C1C2CCCCC2C(=O)N1CCC1CCNCC1. The molecule has 3 aliphatic rings. The lowest BCUT2D eigenvalue weighted by Crippen LogP contribution is -2.35. The lowest BCUT2D eigenvalue weighted by Gasteiger charge is -2.24. The van der Waals surface area contributed by atoms with Crippen LogP contribution in [0.3, 0.4) is 0 Å². The highest BCUT2D eigenvalue weighted by atomic mass is 16.2. The van der Waals surface area contributed by atoms with Crippen LogP contribution in [-0.4, -0.2) is 36.3 Å². The van der Waals surface area contributed by atoms with Crippen molar-refractivity contribution in [2.45, 2.75) is 44.9 Å². The summed E-state index contributed by atoms with van der Waals surface area (Å²) < 4.78 is 0. The summed E-state index contributed by atoms with van der Waals surface area (Å²) in [4.78, 5) is 26.2. The number of amides is 2. The van der Waals surface area contributed by atoms with Gasteiger partial charge in [-0.05, 0) is 51.1 Å². The van der Waals surface area contributed by atoms with E-state index in [1.165, 1.54) is 12.8 Å². The predicted octanol–water partition coefficient (Wildman–Crippen LogP) is 1.55. The van der Waals surface area contributed by atoms with E-state index in [1.807, 2.05) is 0 Å². The lowest BCUT2D eigenvalue weighted by molar-refractivity contribution is -0.140. The highest BCUT2D eigenvalue weighted by molar-refractivity contribution is 6.05. The summed E-state index contributed by atoms with van der Waals surface area (Å²) in [6.45, 7) is 2.82. The Morgan fingerprint density at radius 1 is 0.947 bits per heavy atom. The molecule has 2 aliphatic heterocycles. The molecule has 4 heteroatoms. The molecule has 0 aromatic carbocycles. The molecule has 2 saturated heterocycles. The Labute approximate surface area is 114 Å². The average molecular weight is 264 g/mol. The van der Waals surface area contributed by atoms with E-state index in [-0.39, 0.29) is 23.7 Å². The number of fused-ring (bicyclic) bond motifs is 1. The second-order valence-electron chi connectivity index (χ2n) is 6.31. The van der Waals surface area contributed by atoms with Gasteiger partial charge in [0.25, 0.3) is 0 Å². The Morgan fingerprint density at radius 2 is 1.53 bits per heavy atom. The molecule has 3 rings (SSSR count). The largest absolute Gasteiger partial charge is 0.317 e. The summed E-state index contributed by atoms with van der Waals surface area (Å²) in [5.41, 5.74) is 0. The van der Waals surface area contributed by atoms with Gasteiger partial charge in [0.05, 0.1) is 11.8 Å². The van der Waals surface area contributed by atoms with E-state index in [4.69, 9.17) is 0 Å². The van der Waals surface area contributed by atoms with Crippen molar-refractivity contribution in [2.75, 3.05) is 19.6 Å². The van der Waals surface area contributed by atoms with Gasteiger partial charge in [0.1, 0.15) is 0 Å². The molecule has 1 saturated carbocycles. The first-order chi connectivity index (χ1) is 9.27. The van der Waals surface area contributed by atoms with Crippen LogP contribution in [0.25, 0.3) is 0 Å². The molecule has 2 atom stereocenters. The first kappa shape index (κ1) is 13.1. The maximum absolute atomic E-state index is 12.3. The van der Waals surface area contributed by atoms with E-state index < -0.39 is 0 Å². The molecular formula is C15H24N2O2. The molecule has 0 spiro atoms. The molecule has 0 aromatic rings. The number of carbonyl (C=O) groups is 2. The van der Waals surface area contributed by atoms with Crippen LogP contribution in [0, 0.1) is 17.8 Å². The van der Waals surface area contributed by atoms with Crippen LogP contribution in [-0.2, 0) is 9.59 Å². The fourth-order valence-electron chi connectivity index (χ4n) is 3.93. The molecule has 1 N–H and O–H groups in total. The number of piperidine rings is 1. The van der Waals surface area contributed by atoms with Gasteiger partial charge in [0.2, 0.25) is 11.8 Å². The number of likely N-dealkylation sites (tertiary alicyclic amines) is 1. The van der Waals surface area contributed by atoms with E-state index >= 15 is 0 Å². The van der Waals surface area contributed by atoms with E-state index in [2.05, 4.69) is 5.32 Å². The van der Waals surface area contributed by atoms with Crippen molar-refractivity contribution in [1.82, 2.24) is 10.2 Å². The summed E-state index contributed by atoms with van der Waals surface area (Å²) in [5.74, 6) is 0.986. The molecule has 106 valence electrons. The minimum absolute atomic E-state index is 0.0225. The van der Waals surface area contributed by atoms with E-state index in [0.717, 1.165) is 45.2 Å². The van der Waals surface area contributed by atoms with Crippen LogP contribution in [0.4, 0.5) is 0 Å². The molecule has 19 heavy (non-hydrogen) atoms. The fourth-order valence-corrected chi connectivity index (χ4v) is 3.93. The van der Waals surface area contributed by atoms with Crippen molar-refractivity contribution in [3.05, 3.63) is 0 Å². The molecule has 2 heterocycles. The van der Waals surface area contributed by atoms with Gasteiger partial charge >= 0.3 is 0 Å². The Balaban J connectivity index is 1.58. The van der Waals surface area contributed by atoms with Crippen LogP contribution < -0.4 is 5.32 Å². The Morgan fingerprint density at radius 3 is 2.11 bits per heavy atom. The van der Waals surface area contributed by atoms with E-state index in [1.54, 1.807) is 4.90 Å². The zero-order valence-electron chi connectivity index (χ0n) is 11.6. The maximum Gasteiger partial charge on any atom is 0.233 e. The third-order valence-corrected chi connectivity index (χ3v) is 5.15. The van der Waals surface area contributed by atoms with Gasteiger partial charge in [0.15, 0.2) is 0 Å². The van der Waals surface area contributed by atoms with Crippen molar-refractivity contribution in [1.29, 1.82) is 0 Å². The number of rotatable bonds is 3. The number of nitrogens with one attached hydrogen (secondary N) is 1. The van der Waals surface area contributed by atoms with Gasteiger partial charge in [-0.2, -0.15) is 0 Å². The first-order valence-corrected chi connectivity index (χ1v) is 7.83. The summed E-state index contributed by atoms with van der Waals surface area (Å²) in [5, 5.41) is 3.35. The van der Waals surface area contributed by atoms with Gasteiger partial charge in [-0.15, -0.1) is 0 Å². The van der Waals surface area contributed by atoms with Crippen molar-refractivity contribution in [3.63, 3.8) is 0 Å². The third-order valence-electron chi connectivity index (χ3n) is 5.15. The molecule has 2 amide bonds. The molecule has 0 radical (unpaired) electrons. The van der Waals surface area contributed by atoms with Gasteiger partial charge in [-0.1, -0.05) is 12.8 Å². The van der Waals surface area contributed by atoms with E-state index in [9.17, 15) is 9.59 Å². The van der Waals surface area contributed by atoms with Crippen LogP contribution in [0.2, 0.25) is 0 Å². The molecule has 0 aromatic heterocycles. The van der Waals surface area contributed by atoms with Gasteiger partial charge < -0.3 is 5.32 Å². The van der Waals surface area contributed by atoms with Crippen molar-refractivity contribution >= 4 is 11.8 Å². The highest BCUT2D eigenvalue weighted by Crippen LogP contribution is 2.38. The van der Waals surface area contributed by atoms with Gasteiger partial charge in [-0.25, -0.2) is 0 Å². The van der Waals surface area contributed by atoms with Crippen LogP contribution >= 0.6 is 0 Å². The standard InChI is InChI=1S/C15H24N2O2/c18-14-12-3-1-2-4-13(12)15(19)17(14)10-7-11-5-8-16-9-6-11/h11-13,16H,1-10H2. The Bertz CT molecular complexity index is 339. The molecular weight excluding hydrogens is 240 g/mol. The first-order valence-electron chi connectivity index (χ1n) is 7.83. The average Bonchev–Trinajstić information content (AvgIpc) is 2.71. The number of nitrogens with zero attached hydrogens (tertiary/aromatic N) is 1. The number of hydrogen-bond acceptors (Lipinski definition) is 3. The minimum Gasteiger partial charge on any atom is -0.317 e. The normalized spacial score (nSPS) is 32.7. The minimum atomic E-state index is 0.0225. The Hall–Kier alpha value is -0.900. The van der Waals surface area contributed by atoms with Gasteiger partial charge in [-0.3, -0.25) is 14.5 Å². The van der Waals surface area contributed by atoms with Gasteiger partial charge in [0, 0.05) is 6.54 Å². The summed E-state index contributed by atoms with van der Waals surface area (Å²) >= 11 is 0. The smallest absolute Gasteiger partial charge is 0.233 e. The second kappa shape index (κ2) is 5.61. The monoisotopic (exact) mass is 264 g/mol. The summed E-state index contributed by atoms with van der Waals surface area (Å²) in [7, 11) is 0. The van der Waals surface area contributed by atoms with Crippen molar-refractivity contribution < 1.29 is 9.59 Å². The third kappa shape index (κ3) is 2.55. The number of imide groups is 1. The second-order valence-corrected chi connectivity index (χ2v) is 6.31. The number of hydrogen-bond donors (Lipinski definition) is 1. The zero-order valence-corrected chi connectivity index (χ0v) is 11.6. The lowest BCUT2D eigenvalue weighted by atomic mass is 9.81. The Kier molecular flexibility index (Phi) is 3.87. The zero-order chi connectivity index (χ0) is 13.2. The molecule has 0 bridgehead atoms. The molecule has 2 unspecified atom stereocenters. The summed E-state index contributed by atoms with van der Waals surface area (Å²) in [6.07, 6.45) is 7.45. The highest BCUT2D eigenvalue weighted by Gasteiger charge is 2.47. The van der Waals surface area contributed by atoms with Crippen LogP contribution in [0.1, 0.15) is 44.9 Å². The maximum atomic E-state index is 12.3. The van der Waals surface area contributed by atoms with E-state index in [0.29, 0.717) is 12.5 Å². The van der Waals surface area contributed by atoms with Crippen molar-refractivity contribution in [3.8, 4) is 0 Å². The molecule has 1 aliphatic carbocycles. The topological polar surface area (TPSA) is 49.4 Å². The van der Waals surface area contributed by atoms with Crippen LogP contribution in [0.15, 0.2) is 0 Å². The molecule has 3 fully saturated rings.